The molecule has 24 heavy (non-hydrogen) atoms. The molecule has 0 saturated carbocycles. The second-order valence-corrected chi connectivity index (χ2v) is 6.85. The minimum atomic E-state index is -0.359. The normalized spacial score (nSPS) is 18.9. The molecule has 124 valence electrons. The van der Waals surface area contributed by atoms with Gasteiger partial charge in [0.05, 0.1) is 16.9 Å². The van der Waals surface area contributed by atoms with Crippen LogP contribution >= 0.6 is 0 Å². The van der Waals surface area contributed by atoms with Crippen molar-refractivity contribution in [3.8, 4) is 5.75 Å². The average Bonchev–Trinajstić information content (AvgIpc) is 2.77. The molecule has 1 aliphatic rings. The van der Waals surface area contributed by atoms with Crippen molar-refractivity contribution < 1.29 is 14.0 Å². The number of para-hydroxylation sites is 1. The van der Waals surface area contributed by atoms with E-state index >= 15 is 0 Å². The van der Waals surface area contributed by atoms with Gasteiger partial charge < -0.3 is 14.0 Å². The Morgan fingerprint density at radius 1 is 0.875 bits per heavy atom. The zero-order chi connectivity index (χ0) is 17.2. The van der Waals surface area contributed by atoms with Gasteiger partial charge in [-0.15, -0.1) is 0 Å². The Morgan fingerprint density at radius 2 is 1.46 bits per heavy atom. The van der Waals surface area contributed by atoms with E-state index in [4.69, 9.17) is 14.0 Å². The molecule has 5 heteroatoms. The molecule has 1 aliphatic heterocycles. The lowest BCUT2D eigenvalue weighted by Crippen LogP contribution is -2.41. The van der Waals surface area contributed by atoms with Crippen LogP contribution in [0.5, 0.6) is 5.75 Å². The third kappa shape index (κ3) is 3.52. The van der Waals surface area contributed by atoms with Crippen LogP contribution < -0.4 is 10.2 Å². The highest BCUT2D eigenvalue weighted by Crippen LogP contribution is 2.36. The van der Waals surface area contributed by atoms with E-state index < -0.39 is 0 Å². The van der Waals surface area contributed by atoms with Crippen LogP contribution in [-0.4, -0.2) is 24.7 Å². The lowest BCUT2D eigenvalue weighted by atomic mass is 9.79. The van der Waals surface area contributed by atoms with Gasteiger partial charge in [0, 0.05) is 0 Å². The van der Waals surface area contributed by atoms with Gasteiger partial charge in [0.2, 0.25) is 0 Å². The largest absolute Gasteiger partial charge is 0.494 e. The summed E-state index contributed by atoms with van der Waals surface area (Å²) in [6.07, 6.45) is 1.44. The van der Waals surface area contributed by atoms with E-state index in [-0.39, 0.29) is 18.3 Å². The van der Waals surface area contributed by atoms with Crippen LogP contribution in [0.1, 0.15) is 27.7 Å². The van der Waals surface area contributed by atoms with Crippen molar-refractivity contribution in [1.82, 2.24) is 0 Å². The first-order valence-electron chi connectivity index (χ1n) is 8.07. The minimum Gasteiger partial charge on any atom is -0.446 e. The van der Waals surface area contributed by atoms with Crippen molar-refractivity contribution in [3.05, 3.63) is 54.6 Å². The highest BCUT2D eigenvalue weighted by atomic mass is 16.7. The van der Waals surface area contributed by atoms with Gasteiger partial charge in [-0.1, -0.05) is 30.3 Å². The average molecular weight is 323 g/mol. The Hall–Kier alpha value is -2.11. The molecule has 0 unspecified atom stereocenters. The molecule has 0 radical (unpaired) electrons. The number of ether oxygens (including phenoxy) is 1. The smallest absolute Gasteiger partial charge is 0.446 e. The fraction of sp³-hybridized carbons (Fsp3) is 0.316. The molecule has 4 nitrogen and oxygen atoms in total. The Kier molecular flexibility index (Phi) is 4.48. The Bertz CT molecular complexity index is 695. The monoisotopic (exact) mass is 323 g/mol. The summed E-state index contributed by atoms with van der Waals surface area (Å²) in [7, 11) is -0.359. The van der Waals surface area contributed by atoms with Crippen molar-refractivity contribution in [2.75, 3.05) is 0 Å². The number of rotatable bonds is 4. The molecule has 1 fully saturated rings. The molecular formula is C19H22BNO3. The predicted molar refractivity (Wildman–Crippen MR) is 97.4 cm³/mol. The molecule has 2 aromatic rings. The number of nitrogens with zero attached hydrogens (tertiary/aromatic N) is 1. The van der Waals surface area contributed by atoms with Gasteiger partial charge in [0.1, 0.15) is 5.75 Å². The maximum absolute atomic E-state index is 6.04. The number of hydrogen-bond acceptors (Lipinski definition) is 4. The third-order valence-corrected chi connectivity index (χ3v) is 4.55. The quantitative estimate of drug-likeness (QED) is 0.489. The fourth-order valence-corrected chi connectivity index (χ4v) is 2.34. The molecule has 0 aromatic heterocycles. The van der Waals surface area contributed by atoms with Crippen molar-refractivity contribution >= 4 is 24.7 Å². The first kappa shape index (κ1) is 16.7. The zero-order valence-electron chi connectivity index (χ0n) is 14.5. The molecule has 0 atom stereocenters. The van der Waals surface area contributed by atoms with Crippen LogP contribution in [0.4, 0.5) is 5.69 Å². The molecule has 0 amide bonds. The molecule has 0 N–H and O–H groups in total. The molecule has 0 aliphatic carbocycles. The maximum Gasteiger partial charge on any atom is 0.494 e. The molecule has 1 heterocycles. The summed E-state index contributed by atoms with van der Waals surface area (Å²) >= 11 is 0. The van der Waals surface area contributed by atoms with Gasteiger partial charge in [-0.25, -0.2) is 4.99 Å². The van der Waals surface area contributed by atoms with Crippen molar-refractivity contribution in [2.24, 2.45) is 4.99 Å². The van der Waals surface area contributed by atoms with E-state index in [9.17, 15) is 0 Å². The molecule has 3 rings (SSSR count). The van der Waals surface area contributed by atoms with Crippen LogP contribution in [0.2, 0.25) is 0 Å². The van der Waals surface area contributed by atoms with Crippen molar-refractivity contribution in [2.45, 2.75) is 38.9 Å². The van der Waals surface area contributed by atoms with E-state index in [1.54, 1.807) is 0 Å². The lowest BCUT2D eigenvalue weighted by molar-refractivity contribution is 0.00578. The lowest BCUT2D eigenvalue weighted by Gasteiger charge is -2.32. The van der Waals surface area contributed by atoms with Gasteiger partial charge >= 0.3 is 7.12 Å². The SMILES string of the molecule is CC1(C)OB(c2ccc(OC=Nc3ccccc3)cc2)OC1(C)C. The van der Waals surface area contributed by atoms with Crippen molar-refractivity contribution in [3.63, 3.8) is 0 Å². The molecule has 1 saturated heterocycles. The summed E-state index contributed by atoms with van der Waals surface area (Å²) in [5.41, 5.74) is 1.15. The van der Waals surface area contributed by atoms with Crippen molar-refractivity contribution in [1.29, 1.82) is 0 Å². The molecular weight excluding hydrogens is 301 g/mol. The summed E-state index contributed by atoms with van der Waals surface area (Å²) < 4.78 is 17.6. The molecule has 0 bridgehead atoms. The summed E-state index contributed by atoms with van der Waals surface area (Å²) in [5, 5.41) is 0. The van der Waals surface area contributed by atoms with E-state index in [0.29, 0.717) is 0 Å². The third-order valence-electron chi connectivity index (χ3n) is 4.55. The first-order valence-corrected chi connectivity index (χ1v) is 8.07. The van der Waals surface area contributed by atoms with Gasteiger partial charge in [-0.3, -0.25) is 0 Å². The van der Waals surface area contributed by atoms with Crippen LogP contribution in [0, 0.1) is 0 Å². The molecule has 0 spiro atoms. The highest BCUT2D eigenvalue weighted by molar-refractivity contribution is 6.62. The van der Waals surface area contributed by atoms with Gasteiger partial charge in [0.25, 0.3) is 0 Å². The zero-order valence-corrected chi connectivity index (χ0v) is 14.5. The highest BCUT2D eigenvalue weighted by Gasteiger charge is 2.51. The van der Waals surface area contributed by atoms with Gasteiger partial charge in [0.15, 0.2) is 6.40 Å². The minimum absolute atomic E-state index is 0.338. The van der Waals surface area contributed by atoms with Crippen LogP contribution in [0.25, 0.3) is 0 Å². The van der Waals surface area contributed by atoms with Gasteiger partial charge in [-0.05, 0) is 57.4 Å². The first-order chi connectivity index (χ1) is 11.4. The van der Waals surface area contributed by atoms with Crippen LogP contribution in [-0.2, 0) is 9.31 Å². The topological polar surface area (TPSA) is 40.0 Å². The van der Waals surface area contributed by atoms with E-state index in [0.717, 1.165) is 16.9 Å². The van der Waals surface area contributed by atoms with E-state index in [2.05, 4.69) is 4.99 Å². The molecule has 2 aromatic carbocycles. The predicted octanol–water partition coefficient (Wildman–Crippen LogP) is 3.72. The van der Waals surface area contributed by atoms with E-state index in [1.165, 1.54) is 6.40 Å². The van der Waals surface area contributed by atoms with Crippen LogP contribution in [0.3, 0.4) is 0 Å². The Balaban J connectivity index is 1.63. The number of hydrogen-bond donors (Lipinski definition) is 0. The second kappa shape index (κ2) is 6.42. The Morgan fingerprint density at radius 3 is 2.04 bits per heavy atom. The van der Waals surface area contributed by atoms with Crippen LogP contribution in [0.15, 0.2) is 59.6 Å². The van der Waals surface area contributed by atoms with E-state index in [1.807, 2.05) is 82.3 Å². The summed E-state index contributed by atoms with van der Waals surface area (Å²) in [6.45, 7) is 8.18. The summed E-state index contributed by atoms with van der Waals surface area (Å²) in [4.78, 5) is 4.24. The maximum atomic E-state index is 6.04. The second-order valence-electron chi connectivity index (χ2n) is 6.85. The summed E-state index contributed by atoms with van der Waals surface area (Å²) in [6, 6.07) is 17.3. The number of benzene rings is 2. The van der Waals surface area contributed by atoms with Gasteiger partial charge in [-0.2, -0.15) is 0 Å². The summed E-state index contributed by atoms with van der Waals surface area (Å²) in [5.74, 6) is 0.718. The fourth-order valence-electron chi connectivity index (χ4n) is 2.34. The number of aliphatic imine (C=N–C) groups is 1. The Labute approximate surface area is 143 Å². The standard InChI is InChI=1S/C19H22BNO3/c1-18(2)19(3,4)24-20(23-18)15-10-12-17(13-11-15)22-14-21-16-8-6-5-7-9-16/h5-14H,1-4H3.